The van der Waals surface area contributed by atoms with E-state index in [0.29, 0.717) is 0 Å². The van der Waals surface area contributed by atoms with Crippen LogP contribution in [-0.4, -0.2) is 0 Å². The molecule has 109 valence electrons. The lowest BCUT2D eigenvalue weighted by molar-refractivity contribution is 0.607. The van der Waals surface area contributed by atoms with Gasteiger partial charge in [-0.25, -0.2) is 0 Å². The van der Waals surface area contributed by atoms with E-state index in [9.17, 15) is 0 Å². The van der Waals surface area contributed by atoms with Crippen LogP contribution in [0.4, 0.5) is 0 Å². The summed E-state index contributed by atoms with van der Waals surface area (Å²) in [6.07, 6.45) is 20.5. The van der Waals surface area contributed by atoms with Gasteiger partial charge in [-0.3, -0.25) is 0 Å². The van der Waals surface area contributed by atoms with E-state index in [2.05, 4.69) is 37.1 Å². The van der Waals surface area contributed by atoms with Crippen LogP contribution in [0.15, 0.2) is 24.3 Å². The Kier molecular flexibility index (Phi) is 9.76. The standard InChI is InChI=1S/C20H29/c1-3-5-7-9-10-12-14-20-17-15-19(16-18-20)13-11-8-6-4-2/h15-18H,3,5-14H2,1H3. The summed E-state index contributed by atoms with van der Waals surface area (Å²) in [5.41, 5.74) is 2.92. The van der Waals surface area contributed by atoms with Crippen LogP contribution in [0, 0.1) is 12.3 Å². The second-order valence-electron chi connectivity index (χ2n) is 5.72. The molecule has 0 saturated carbocycles. The van der Waals surface area contributed by atoms with Gasteiger partial charge in [0.1, 0.15) is 0 Å². The summed E-state index contributed by atoms with van der Waals surface area (Å²) in [6.45, 7) is 2.27. The Hall–Kier alpha value is -1.22. The monoisotopic (exact) mass is 269 g/mol. The van der Waals surface area contributed by atoms with E-state index in [-0.39, 0.29) is 0 Å². The van der Waals surface area contributed by atoms with E-state index in [4.69, 9.17) is 6.42 Å². The van der Waals surface area contributed by atoms with E-state index in [1.165, 1.54) is 62.5 Å². The normalized spacial score (nSPS) is 10.4. The molecule has 0 heterocycles. The zero-order valence-electron chi connectivity index (χ0n) is 13.1. The molecule has 0 spiro atoms. The van der Waals surface area contributed by atoms with Crippen molar-refractivity contribution in [2.45, 2.75) is 77.6 Å². The van der Waals surface area contributed by atoms with Crippen molar-refractivity contribution in [2.75, 3.05) is 0 Å². The summed E-state index contributed by atoms with van der Waals surface area (Å²) < 4.78 is 0. The Labute approximate surface area is 126 Å². The predicted molar refractivity (Wildman–Crippen MR) is 88.2 cm³/mol. The van der Waals surface area contributed by atoms with E-state index in [1.807, 2.05) is 0 Å². The Morgan fingerprint density at radius 3 is 1.80 bits per heavy atom. The van der Waals surface area contributed by atoms with Crippen molar-refractivity contribution < 1.29 is 0 Å². The van der Waals surface area contributed by atoms with Gasteiger partial charge in [-0.05, 0) is 49.7 Å². The van der Waals surface area contributed by atoms with Crippen LogP contribution in [0.2, 0.25) is 0 Å². The van der Waals surface area contributed by atoms with Crippen molar-refractivity contribution in [3.8, 4) is 5.92 Å². The molecular weight excluding hydrogens is 240 g/mol. The van der Waals surface area contributed by atoms with Gasteiger partial charge in [-0.2, -0.15) is 0 Å². The number of hydrogen-bond acceptors (Lipinski definition) is 0. The van der Waals surface area contributed by atoms with E-state index in [0.717, 1.165) is 19.3 Å². The van der Waals surface area contributed by atoms with Crippen molar-refractivity contribution >= 4 is 0 Å². The summed E-state index contributed by atoms with van der Waals surface area (Å²) >= 11 is 0. The summed E-state index contributed by atoms with van der Waals surface area (Å²) in [5.74, 6) is 2.45. The van der Waals surface area contributed by atoms with Crippen LogP contribution >= 0.6 is 0 Å². The third kappa shape index (κ3) is 8.05. The number of aryl methyl sites for hydroxylation is 2. The van der Waals surface area contributed by atoms with Crippen LogP contribution in [0.3, 0.4) is 0 Å². The predicted octanol–water partition coefficient (Wildman–Crippen LogP) is 5.89. The van der Waals surface area contributed by atoms with Crippen molar-refractivity contribution in [1.82, 2.24) is 0 Å². The molecule has 0 N–H and O–H groups in total. The van der Waals surface area contributed by atoms with Crippen LogP contribution in [0.25, 0.3) is 0 Å². The first-order chi connectivity index (χ1) is 9.86. The smallest absolute Gasteiger partial charge is 0.00990 e. The molecular formula is C20H29. The van der Waals surface area contributed by atoms with Gasteiger partial charge < -0.3 is 0 Å². The highest BCUT2D eigenvalue weighted by atomic mass is 14.0. The molecule has 1 radical (unpaired) electrons. The van der Waals surface area contributed by atoms with Crippen molar-refractivity contribution in [2.24, 2.45) is 0 Å². The highest BCUT2D eigenvalue weighted by Crippen LogP contribution is 2.12. The number of unbranched alkanes of at least 4 members (excludes halogenated alkanes) is 7. The Bertz CT molecular complexity index is 366. The van der Waals surface area contributed by atoms with E-state index < -0.39 is 0 Å². The van der Waals surface area contributed by atoms with Gasteiger partial charge in [-0.1, -0.05) is 69.2 Å². The average molecular weight is 269 g/mol. The molecule has 1 aromatic rings. The highest BCUT2D eigenvalue weighted by Gasteiger charge is 1.96. The topological polar surface area (TPSA) is 0 Å². The number of hydrogen-bond donors (Lipinski definition) is 0. The molecule has 0 fully saturated rings. The van der Waals surface area contributed by atoms with Gasteiger partial charge in [0, 0.05) is 6.42 Å². The van der Waals surface area contributed by atoms with Gasteiger partial charge in [-0.15, -0.1) is 0 Å². The zero-order valence-corrected chi connectivity index (χ0v) is 13.1. The summed E-state index contributed by atoms with van der Waals surface area (Å²) in [4.78, 5) is 0. The third-order valence-corrected chi connectivity index (χ3v) is 3.86. The molecule has 1 aromatic carbocycles. The summed E-state index contributed by atoms with van der Waals surface area (Å²) in [7, 11) is 0. The van der Waals surface area contributed by atoms with Gasteiger partial charge in [0.2, 0.25) is 0 Å². The molecule has 0 nitrogen and oxygen atoms in total. The lowest BCUT2D eigenvalue weighted by atomic mass is 10.0. The third-order valence-electron chi connectivity index (χ3n) is 3.86. The minimum absolute atomic E-state index is 0.802. The van der Waals surface area contributed by atoms with Gasteiger partial charge in [0.25, 0.3) is 0 Å². The number of rotatable bonds is 11. The fourth-order valence-electron chi connectivity index (χ4n) is 2.52. The van der Waals surface area contributed by atoms with Gasteiger partial charge in [0.05, 0.1) is 0 Å². The second kappa shape index (κ2) is 11.6. The van der Waals surface area contributed by atoms with Gasteiger partial charge in [0.15, 0.2) is 0 Å². The highest BCUT2D eigenvalue weighted by molar-refractivity contribution is 5.22. The molecule has 0 aliphatic heterocycles. The summed E-state index contributed by atoms with van der Waals surface area (Å²) in [6, 6.07) is 9.15. The quantitative estimate of drug-likeness (QED) is 0.347. The molecule has 0 bridgehead atoms. The Morgan fingerprint density at radius 1 is 0.750 bits per heavy atom. The first kappa shape index (κ1) is 16.8. The van der Waals surface area contributed by atoms with Crippen LogP contribution in [0.5, 0.6) is 0 Å². The first-order valence-corrected chi connectivity index (χ1v) is 8.34. The zero-order chi connectivity index (χ0) is 14.5. The largest absolute Gasteiger partial charge is 0.0891 e. The maximum Gasteiger partial charge on any atom is 0.00990 e. The van der Waals surface area contributed by atoms with Crippen LogP contribution in [0.1, 0.15) is 75.8 Å². The molecule has 0 unspecified atom stereocenters. The Balaban J connectivity index is 2.13. The van der Waals surface area contributed by atoms with E-state index in [1.54, 1.807) is 0 Å². The molecule has 0 saturated heterocycles. The molecule has 0 atom stereocenters. The molecule has 0 heteroatoms. The maximum atomic E-state index is 6.88. The molecule has 1 rings (SSSR count). The molecule has 0 aromatic heterocycles. The lowest BCUT2D eigenvalue weighted by Gasteiger charge is -2.04. The molecule has 0 amide bonds. The van der Waals surface area contributed by atoms with Crippen molar-refractivity contribution in [1.29, 1.82) is 0 Å². The van der Waals surface area contributed by atoms with Gasteiger partial charge >= 0.3 is 0 Å². The molecule has 0 aliphatic carbocycles. The Morgan fingerprint density at radius 2 is 1.25 bits per heavy atom. The maximum absolute atomic E-state index is 6.88. The number of benzene rings is 1. The lowest BCUT2D eigenvalue weighted by Crippen LogP contribution is -1.89. The summed E-state index contributed by atoms with van der Waals surface area (Å²) in [5, 5.41) is 0. The SMILES string of the molecule is [C]#CCCCCc1ccc(CCCCCCCC)cc1. The fraction of sp³-hybridized carbons (Fsp3) is 0.600. The molecule has 0 aliphatic rings. The second-order valence-corrected chi connectivity index (χ2v) is 5.72. The first-order valence-electron chi connectivity index (χ1n) is 8.34. The van der Waals surface area contributed by atoms with Crippen molar-refractivity contribution in [3.63, 3.8) is 0 Å². The van der Waals surface area contributed by atoms with Crippen LogP contribution < -0.4 is 0 Å². The average Bonchev–Trinajstić information content (AvgIpc) is 2.49. The minimum Gasteiger partial charge on any atom is -0.0891 e. The fourth-order valence-corrected chi connectivity index (χ4v) is 2.52. The van der Waals surface area contributed by atoms with Crippen LogP contribution in [-0.2, 0) is 12.8 Å². The molecule has 20 heavy (non-hydrogen) atoms. The van der Waals surface area contributed by atoms with Crippen molar-refractivity contribution in [3.05, 3.63) is 41.8 Å². The van der Waals surface area contributed by atoms with E-state index >= 15 is 0 Å². The minimum atomic E-state index is 0.802.